The molecule has 0 spiro atoms. The molecule has 0 radical (unpaired) electrons. The van der Waals surface area contributed by atoms with E-state index in [9.17, 15) is 13.2 Å². The first kappa shape index (κ1) is 17.5. The molecule has 0 aliphatic carbocycles. The van der Waals surface area contributed by atoms with Crippen molar-refractivity contribution < 1.29 is 18.3 Å². The van der Waals surface area contributed by atoms with Gasteiger partial charge in [0.1, 0.15) is 11.6 Å². The molecular formula is C13H21F3N4O. The second-order valence-corrected chi connectivity index (χ2v) is 4.76. The van der Waals surface area contributed by atoms with E-state index in [4.69, 9.17) is 5.11 Å². The van der Waals surface area contributed by atoms with E-state index in [2.05, 4.69) is 20.6 Å². The molecule has 8 heteroatoms. The summed E-state index contributed by atoms with van der Waals surface area (Å²) in [5, 5.41) is 14.5. The van der Waals surface area contributed by atoms with Gasteiger partial charge in [0.25, 0.3) is 0 Å². The Morgan fingerprint density at radius 2 is 1.90 bits per heavy atom. The number of aliphatic hydroxyl groups excluding tert-OH is 1. The van der Waals surface area contributed by atoms with Gasteiger partial charge >= 0.3 is 6.18 Å². The fourth-order valence-corrected chi connectivity index (χ4v) is 1.98. The lowest BCUT2D eigenvalue weighted by Gasteiger charge is -2.17. The zero-order chi connectivity index (χ0) is 15.9. The van der Waals surface area contributed by atoms with Crippen LogP contribution >= 0.6 is 0 Å². The molecular weight excluding hydrogens is 285 g/mol. The monoisotopic (exact) mass is 306 g/mol. The van der Waals surface area contributed by atoms with Gasteiger partial charge in [-0.3, -0.25) is 0 Å². The SMILES string of the molecule is CCCC(CCO)CNc1cc(NC)nc(C(F)(F)F)n1. The standard InChI is InChI=1S/C13H21F3N4O/c1-3-4-9(5-6-21)8-18-11-7-10(17-2)19-12(20-11)13(14,15)16/h7,9,21H,3-6,8H2,1-2H3,(H2,17,18,19,20). The average Bonchev–Trinajstić information content (AvgIpc) is 2.44. The maximum Gasteiger partial charge on any atom is 0.451 e. The average molecular weight is 306 g/mol. The number of halogens is 3. The fraction of sp³-hybridized carbons (Fsp3) is 0.692. The summed E-state index contributed by atoms with van der Waals surface area (Å²) in [5.41, 5.74) is 0. The van der Waals surface area contributed by atoms with Gasteiger partial charge in [0.05, 0.1) is 0 Å². The Morgan fingerprint density at radius 1 is 1.24 bits per heavy atom. The number of nitrogens with one attached hydrogen (secondary N) is 2. The highest BCUT2D eigenvalue weighted by atomic mass is 19.4. The smallest absolute Gasteiger partial charge is 0.396 e. The molecule has 21 heavy (non-hydrogen) atoms. The number of nitrogens with zero attached hydrogens (tertiary/aromatic N) is 2. The quantitative estimate of drug-likeness (QED) is 0.689. The van der Waals surface area contributed by atoms with Crippen LogP contribution in [0.2, 0.25) is 0 Å². The summed E-state index contributed by atoms with van der Waals surface area (Å²) in [6.07, 6.45) is -2.14. The molecule has 1 heterocycles. The van der Waals surface area contributed by atoms with Crippen molar-refractivity contribution in [1.29, 1.82) is 0 Å². The first-order valence-corrected chi connectivity index (χ1v) is 6.89. The third-order valence-corrected chi connectivity index (χ3v) is 3.04. The highest BCUT2D eigenvalue weighted by Crippen LogP contribution is 2.28. The Morgan fingerprint density at radius 3 is 2.43 bits per heavy atom. The second kappa shape index (κ2) is 8.02. The molecule has 0 aliphatic rings. The maximum absolute atomic E-state index is 12.7. The number of aliphatic hydroxyl groups is 1. The van der Waals surface area contributed by atoms with Crippen molar-refractivity contribution in [2.75, 3.05) is 30.8 Å². The molecule has 1 atom stereocenters. The molecule has 0 amide bonds. The number of anilines is 2. The van der Waals surface area contributed by atoms with E-state index < -0.39 is 12.0 Å². The Bertz CT molecular complexity index is 434. The summed E-state index contributed by atoms with van der Waals surface area (Å²) in [7, 11) is 1.50. The van der Waals surface area contributed by atoms with Gasteiger partial charge < -0.3 is 15.7 Å². The topological polar surface area (TPSA) is 70.1 Å². The minimum absolute atomic E-state index is 0.0612. The molecule has 0 saturated heterocycles. The van der Waals surface area contributed by atoms with Gasteiger partial charge in [-0.25, -0.2) is 9.97 Å². The van der Waals surface area contributed by atoms with E-state index in [0.717, 1.165) is 12.8 Å². The lowest BCUT2D eigenvalue weighted by molar-refractivity contribution is -0.144. The van der Waals surface area contributed by atoms with Crippen LogP contribution in [0.5, 0.6) is 0 Å². The van der Waals surface area contributed by atoms with E-state index in [1.54, 1.807) is 0 Å². The van der Waals surface area contributed by atoms with Gasteiger partial charge in [-0.05, 0) is 18.8 Å². The zero-order valence-corrected chi connectivity index (χ0v) is 12.2. The third kappa shape index (κ3) is 5.74. The Kier molecular flexibility index (Phi) is 6.67. The molecule has 0 saturated carbocycles. The molecule has 120 valence electrons. The van der Waals surface area contributed by atoms with Crippen LogP contribution in [0, 0.1) is 5.92 Å². The lowest BCUT2D eigenvalue weighted by atomic mass is 10.0. The van der Waals surface area contributed by atoms with Crippen molar-refractivity contribution >= 4 is 11.6 Å². The summed E-state index contributed by atoms with van der Waals surface area (Å²) >= 11 is 0. The Hall–Kier alpha value is -1.57. The first-order valence-electron chi connectivity index (χ1n) is 6.89. The van der Waals surface area contributed by atoms with Crippen LogP contribution in [0.3, 0.4) is 0 Å². The maximum atomic E-state index is 12.7. The first-order chi connectivity index (χ1) is 9.90. The van der Waals surface area contributed by atoms with Crippen LogP contribution in [-0.2, 0) is 6.18 Å². The van der Waals surface area contributed by atoms with Gasteiger partial charge in [-0.1, -0.05) is 13.3 Å². The third-order valence-electron chi connectivity index (χ3n) is 3.04. The van der Waals surface area contributed by atoms with Gasteiger partial charge in [0.2, 0.25) is 5.82 Å². The summed E-state index contributed by atoms with van der Waals surface area (Å²) in [6.45, 7) is 2.55. The summed E-state index contributed by atoms with van der Waals surface area (Å²) in [5.74, 6) is -0.747. The van der Waals surface area contributed by atoms with E-state index in [-0.39, 0.29) is 24.2 Å². The molecule has 0 aromatic carbocycles. The van der Waals surface area contributed by atoms with E-state index in [1.807, 2.05) is 6.92 Å². The predicted molar refractivity (Wildman–Crippen MR) is 75.2 cm³/mol. The molecule has 0 fully saturated rings. The minimum Gasteiger partial charge on any atom is -0.396 e. The van der Waals surface area contributed by atoms with Crippen molar-refractivity contribution in [3.05, 3.63) is 11.9 Å². The Balaban J connectivity index is 2.82. The van der Waals surface area contributed by atoms with Crippen LogP contribution in [0.1, 0.15) is 32.0 Å². The van der Waals surface area contributed by atoms with Gasteiger partial charge in [-0.2, -0.15) is 13.2 Å². The van der Waals surface area contributed by atoms with Crippen LogP contribution in [0.25, 0.3) is 0 Å². The summed E-state index contributed by atoms with van der Waals surface area (Å²) < 4.78 is 38.1. The molecule has 1 aromatic heterocycles. The highest BCUT2D eigenvalue weighted by Gasteiger charge is 2.35. The molecule has 1 rings (SSSR count). The van der Waals surface area contributed by atoms with Crippen molar-refractivity contribution in [3.8, 4) is 0 Å². The van der Waals surface area contributed by atoms with Crippen molar-refractivity contribution in [1.82, 2.24) is 9.97 Å². The number of rotatable bonds is 8. The summed E-state index contributed by atoms with van der Waals surface area (Å²) in [4.78, 5) is 6.89. The van der Waals surface area contributed by atoms with Crippen molar-refractivity contribution in [2.24, 2.45) is 5.92 Å². The van der Waals surface area contributed by atoms with E-state index in [0.29, 0.717) is 13.0 Å². The minimum atomic E-state index is -4.59. The molecule has 0 bridgehead atoms. The largest absolute Gasteiger partial charge is 0.451 e. The van der Waals surface area contributed by atoms with Gasteiger partial charge in [0, 0.05) is 26.3 Å². The molecule has 0 aliphatic heterocycles. The highest BCUT2D eigenvalue weighted by molar-refractivity contribution is 5.47. The number of aromatic nitrogens is 2. The molecule has 5 nitrogen and oxygen atoms in total. The molecule has 1 unspecified atom stereocenters. The van der Waals surface area contributed by atoms with Crippen LogP contribution in [-0.4, -0.2) is 35.3 Å². The van der Waals surface area contributed by atoms with Crippen LogP contribution in [0.4, 0.5) is 24.8 Å². The van der Waals surface area contributed by atoms with Gasteiger partial charge in [-0.15, -0.1) is 0 Å². The normalized spacial score (nSPS) is 13.0. The summed E-state index contributed by atoms with van der Waals surface area (Å²) in [6, 6.07) is 1.43. The van der Waals surface area contributed by atoms with E-state index >= 15 is 0 Å². The van der Waals surface area contributed by atoms with Crippen molar-refractivity contribution in [2.45, 2.75) is 32.4 Å². The number of hydrogen-bond acceptors (Lipinski definition) is 5. The number of hydrogen-bond donors (Lipinski definition) is 3. The number of alkyl halides is 3. The van der Waals surface area contributed by atoms with Gasteiger partial charge in [0.15, 0.2) is 0 Å². The lowest BCUT2D eigenvalue weighted by Crippen LogP contribution is -2.19. The molecule has 3 N–H and O–H groups in total. The zero-order valence-electron chi connectivity index (χ0n) is 12.2. The Labute approximate surface area is 122 Å². The second-order valence-electron chi connectivity index (χ2n) is 4.76. The molecule has 1 aromatic rings. The van der Waals surface area contributed by atoms with E-state index in [1.165, 1.54) is 13.1 Å². The van der Waals surface area contributed by atoms with Crippen LogP contribution < -0.4 is 10.6 Å². The predicted octanol–water partition coefficient (Wildman–Crippen LogP) is 2.75. The van der Waals surface area contributed by atoms with Crippen LogP contribution in [0.15, 0.2) is 6.07 Å². The van der Waals surface area contributed by atoms with Crippen molar-refractivity contribution in [3.63, 3.8) is 0 Å². The fourth-order valence-electron chi connectivity index (χ4n) is 1.98.